The van der Waals surface area contributed by atoms with E-state index in [0.717, 1.165) is 5.75 Å². The van der Waals surface area contributed by atoms with Gasteiger partial charge < -0.3 is 10.4 Å². The van der Waals surface area contributed by atoms with Gasteiger partial charge in [0.15, 0.2) is 0 Å². The van der Waals surface area contributed by atoms with E-state index in [-0.39, 0.29) is 6.04 Å². The van der Waals surface area contributed by atoms with Crippen LogP contribution in [0, 0.1) is 0 Å². The van der Waals surface area contributed by atoms with Crippen molar-refractivity contribution >= 4 is 17.7 Å². The van der Waals surface area contributed by atoms with Gasteiger partial charge in [-0.2, -0.15) is 11.8 Å². The van der Waals surface area contributed by atoms with Crippen LogP contribution in [-0.4, -0.2) is 35.2 Å². The zero-order chi connectivity index (χ0) is 9.56. The number of thioether (sulfide) groups is 1. The first-order valence-corrected chi connectivity index (χ1v) is 5.49. The number of hydrogen-bond acceptors (Lipinski definition) is 3. The third kappa shape index (κ3) is 4.62. The molecule has 0 aliphatic rings. The van der Waals surface area contributed by atoms with Gasteiger partial charge in [0, 0.05) is 11.8 Å². The van der Waals surface area contributed by atoms with Crippen molar-refractivity contribution in [1.29, 1.82) is 0 Å². The van der Waals surface area contributed by atoms with Crippen molar-refractivity contribution in [1.82, 2.24) is 5.32 Å². The summed E-state index contributed by atoms with van der Waals surface area (Å²) < 4.78 is 0. The summed E-state index contributed by atoms with van der Waals surface area (Å²) in [4.78, 5) is 10.6. The minimum absolute atomic E-state index is 0.265. The summed E-state index contributed by atoms with van der Waals surface area (Å²) in [6.45, 7) is 3.87. The molecule has 0 amide bonds. The molecule has 0 radical (unpaired) electrons. The fraction of sp³-hybridized carbons (Fsp3) is 0.875. The predicted molar refractivity (Wildman–Crippen MR) is 52.7 cm³/mol. The summed E-state index contributed by atoms with van der Waals surface area (Å²) in [6.07, 6.45) is 2.65. The maximum atomic E-state index is 10.6. The minimum atomic E-state index is -0.759. The molecule has 0 aromatic rings. The molecule has 12 heavy (non-hydrogen) atoms. The van der Waals surface area contributed by atoms with Gasteiger partial charge in [0.25, 0.3) is 0 Å². The summed E-state index contributed by atoms with van der Waals surface area (Å²) in [5, 5.41) is 11.8. The Balaban J connectivity index is 3.77. The first-order chi connectivity index (χ1) is 5.61. The average Bonchev–Trinajstić information content (AvgIpc) is 2.00. The third-order valence-corrected chi connectivity index (χ3v) is 2.44. The van der Waals surface area contributed by atoms with Gasteiger partial charge >= 0.3 is 5.97 Å². The number of aliphatic carboxylic acids is 1. The van der Waals surface area contributed by atoms with Crippen molar-refractivity contribution in [2.75, 3.05) is 12.0 Å². The van der Waals surface area contributed by atoms with Crippen LogP contribution in [0.15, 0.2) is 0 Å². The van der Waals surface area contributed by atoms with Crippen LogP contribution in [-0.2, 0) is 4.79 Å². The fourth-order valence-corrected chi connectivity index (χ4v) is 1.60. The Morgan fingerprint density at radius 2 is 2.25 bits per heavy atom. The molecule has 72 valence electrons. The van der Waals surface area contributed by atoms with E-state index in [9.17, 15) is 4.79 Å². The van der Waals surface area contributed by atoms with Gasteiger partial charge in [-0.25, -0.2) is 0 Å². The SMILES string of the molecule is CCC(NC(C)CSC)C(=O)O. The van der Waals surface area contributed by atoms with Gasteiger partial charge in [0.1, 0.15) is 6.04 Å². The van der Waals surface area contributed by atoms with Gasteiger partial charge in [-0.3, -0.25) is 4.79 Å². The van der Waals surface area contributed by atoms with E-state index in [2.05, 4.69) is 5.32 Å². The van der Waals surface area contributed by atoms with Crippen molar-refractivity contribution in [2.45, 2.75) is 32.4 Å². The molecule has 0 saturated heterocycles. The van der Waals surface area contributed by atoms with Crippen LogP contribution in [0.4, 0.5) is 0 Å². The van der Waals surface area contributed by atoms with E-state index < -0.39 is 12.0 Å². The normalized spacial score (nSPS) is 15.6. The zero-order valence-electron chi connectivity index (χ0n) is 7.83. The van der Waals surface area contributed by atoms with Crippen LogP contribution in [0.5, 0.6) is 0 Å². The molecule has 0 saturated carbocycles. The van der Waals surface area contributed by atoms with E-state index in [1.165, 1.54) is 0 Å². The monoisotopic (exact) mass is 191 g/mol. The van der Waals surface area contributed by atoms with E-state index in [4.69, 9.17) is 5.11 Å². The maximum Gasteiger partial charge on any atom is 0.320 e. The van der Waals surface area contributed by atoms with Crippen molar-refractivity contribution in [3.63, 3.8) is 0 Å². The molecule has 0 bridgehead atoms. The van der Waals surface area contributed by atoms with Crippen molar-refractivity contribution in [3.8, 4) is 0 Å². The minimum Gasteiger partial charge on any atom is -0.480 e. The fourth-order valence-electron chi connectivity index (χ4n) is 1.01. The molecule has 0 fully saturated rings. The Kier molecular flexibility index (Phi) is 6.20. The second-order valence-corrected chi connectivity index (χ2v) is 3.73. The van der Waals surface area contributed by atoms with Crippen LogP contribution in [0.1, 0.15) is 20.3 Å². The number of hydrogen-bond donors (Lipinski definition) is 2. The Hall–Kier alpha value is -0.220. The number of carbonyl (C=O) groups is 1. The summed E-state index contributed by atoms with van der Waals surface area (Å²) >= 11 is 1.72. The lowest BCUT2D eigenvalue weighted by atomic mass is 10.2. The summed E-state index contributed by atoms with van der Waals surface area (Å²) in [6, 6.07) is -0.131. The number of carboxylic acid groups (broad SMARTS) is 1. The van der Waals surface area contributed by atoms with Gasteiger partial charge in [0.05, 0.1) is 0 Å². The smallest absolute Gasteiger partial charge is 0.320 e. The van der Waals surface area contributed by atoms with Crippen LogP contribution < -0.4 is 5.32 Å². The van der Waals surface area contributed by atoms with Gasteiger partial charge in [0.2, 0.25) is 0 Å². The second-order valence-electron chi connectivity index (χ2n) is 2.82. The highest BCUT2D eigenvalue weighted by atomic mass is 32.2. The van der Waals surface area contributed by atoms with Crippen molar-refractivity contribution in [3.05, 3.63) is 0 Å². The molecule has 4 heteroatoms. The molecule has 3 nitrogen and oxygen atoms in total. The number of nitrogens with one attached hydrogen (secondary N) is 1. The molecule has 0 aromatic heterocycles. The molecule has 2 unspecified atom stereocenters. The zero-order valence-corrected chi connectivity index (χ0v) is 8.65. The maximum absolute atomic E-state index is 10.6. The molecule has 0 aliphatic carbocycles. The quantitative estimate of drug-likeness (QED) is 0.662. The first kappa shape index (κ1) is 11.8. The molecule has 0 aliphatic heterocycles. The first-order valence-electron chi connectivity index (χ1n) is 4.09. The summed E-state index contributed by atoms with van der Waals surface area (Å²) in [5.74, 6) is 0.189. The average molecular weight is 191 g/mol. The highest BCUT2D eigenvalue weighted by Crippen LogP contribution is 1.99. The van der Waals surface area contributed by atoms with Gasteiger partial charge in [-0.05, 0) is 19.6 Å². The molecule has 2 N–H and O–H groups in total. The molecule has 0 heterocycles. The molecule has 0 rings (SSSR count). The van der Waals surface area contributed by atoms with E-state index in [1.807, 2.05) is 20.1 Å². The highest BCUT2D eigenvalue weighted by Gasteiger charge is 2.16. The van der Waals surface area contributed by atoms with E-state index in [1.54, 1.807) is 11.8 Å². The largest absolute Gasteiger partial charge is 0.480 e. The van der Waals surface area contributed by atoms with Crippen LogP contribution in [0.3, 0.4) is 0 Å². The highest BCUT2D eigenvalue weighted by molar-refractivity contribution is 7.98. The van der Waals surface area contributed by atoms with E-state index in [0.29, 0.717) is 6.42 Å². The van der Waals surface area contributed by atoms with Gasteiger partial charge in [-0.1, -0.05) is 6.92 Å². The second kappa shape index (κ2) is 6.31. The Bertz CT molecular complexity index is 141. The lowest BCUT2D eigenvalue weighted by molar-refractivity contribution is -0.139. The third-order valence-electron chi connectivity index (χ3n) is 1.61. The molecular weight excluding hydrogens is 174 g/mol. The van der Waals surface area contributed by atoms with Crippen LogP contribution in [0.25, 0.3) is 0 Å². The molecule has 0 aromatic carbocycles. The predicted octanol–water partition coefficient (Wildman–Crippen LogP) is 1.19. The standard InChI is InChI=1S/C8H17NO2S/c1-4-7(8(10)11)9-6(2)5-12-3/h6-7,9H,4-5H2,1-3H3,(H,10,11). The summed E-state index contributed by atoms with van der Waals surface area (Å²) in [7, 11) is 0. The van der Waals surface area contributed by atoms with Crippen LogP contribution >= 0.6 is 11.8 Å². The topological polar surface area (TPSA) is 49.3 Å². The van der Waals surface area contributed by atoms with Crippen molar-refractivity contribution in [2.24, 2.45) is 0 Å². The number of rotatable bonds is 6. The van der Waals surface area contributed by atoms with E-state index >= 15 is 0 Å². The van der Waals surface area contributed by atoms with Crippen LogP contribution in [0.2, 0.25) is 0 Å². The van der Waals surface area contributed by atoms with Crippen molar-refractivity contribution < 1.29 is 9.90 Å². The Labute approximate surface area is 77.9 Å². The van der Waals surface area contributed by atoms with Gasteiger partial charge in [-0.15, -0.1) is 0 Å². The number of carboxylic acids is 1. The Morgan fingerprint density at radius 1 is 1.67 bits per heavy atom. The lowest BCUT2D eigenvalue weighted by Gasteiger charge is -2.17. The summed E-state index contributed by atoms with van der Waals surface area (Å²) in [5.41, 5.74) is 0. The Morgan fingerprint density at radius 3 is 2.58 bits per heavy atom. The molecule has 2 atom stereocenters. The lowest BCUT2D eigenvalue weighted by Crippen LogP contribution is -2.42. The molecule has 0 spiro atoms. The molecular formula is C8H17NO2S.